The van der Waals surface area contributed by atoms with E-state index in [4.69, 9.17) is 9.97 Å². The van der Waals surface area contributed by atoms with Crippen LogP contribution < -0.4 is 0 Å². The molecule has 0 atom stereocenters. The van der Waals surface area contributed by atoms with E-state index in [1.807, 2.05) is 41.3 Å². The van der Waals surface area contributed by atoms with Gasteiger partial charge in [0.05, 0.1) is 22.3 Å². The number of aromatic nitrogens is 3. The Morgan fingerprint density at radius 1 is 0.853 bits per heavy atom. The van der Waals surface area contributed by atoms with E-state index in [0.29, 0.717) is 11.7 Å². The lowest BCUT2D eigenvalue weighted by Gasteiger charge is -2.32. The molecule has 1 aliphatic rings. The Morgan fingerprint density at radius 3 is 2.38 bits per heavy atom. The molecule has 0 unspecified atom stereocenters. The van der Waals surface area contributed by atoms with Crippen LogP contribution in [0.4, 0.5) is 0 Å². The van der Waals surface area contributed by atoms with Gasteiger partial charge in [0.25, 0.3) is 0 Å². The number of amides is 1. The van der Waals surface area contributed by atoms with Crippen LogP contribution >= 0.6 is 11.8 Å². The summed E-state index contributed by atoms with van der Waals surface area (Å²) in [6, 6.07) is 26.9. The quantitative estimate of drug-likeness (QED) is 0.250. The zero-order valence-electron chi connectivity index (χ0n) is 18.9. The monoisotopic (exact) mass is 466 g/mol. The van der Waals surface area contributed by atoms with E-state index in [1.165, 1.54) is 17.3 Å². The van der Waals surface area contributed by atoms with Crippen molar-refractivity contribution < 1.29 is 4.79 Å². The van der Waals surface area contributed by atoms with Gasteiger partial charge in [-0.1, -0.05) is 66.4 Å². The van der Waals surface area contributed by atoms with Crippen LogP contribution in [0, 0.1) is 5.92 Å². The molecule has 0 radical (unpaired) electrons. The molecule has 1 saturated heterocycles. The van der Waals surface area contributed by atoms with Crippen LogP contribution in [0.15, 0.2) is 84.0 Å². The highest BCUT2D eigenvalue weighted by Crippen LogP contribution is 2.29. The SMILES string of the molecule is O=C(CSc1nc2ccccc2c2nc3ccccc3n12)N1CCC(Cc2ccccc2)CC1. The number of likely N-dealkylation sites (tertiary alicyclic amines) is 1. The molecule has 0 N–H and O–H groups in total. The van der Waals surface area contributed by atoms with Crippen LogP contribution in [0.1, 0.15) is 18.4 Å². The number of imidazole rings is 1. The molecule has 5 nitrogen and oxygen atoms in total. The third-order valence-electron chi connectivity index (χ3n) is 6.77. The second kappa shape index (κ2) is 9.11. The van der Waals surface area contributed by atoms with E-state index in [-0.39, 0.29) is 5.91 Å². The molecule has 0 spiro atoms. The molecule has 0 bridgehead atoms. The van der Waals surface area contributed by atoms with Crippen molar-refractivity contribution in [1.29, 1.82) is 0 Å². The molecule has 0 aliphatic carbocycles. The van der Waals surface area contributed by atoms with Gasteiger partial charge in [0.1, 0.15) is 5.65 Å². The summed E-state index contributed by atoms with van der Waals surface area (Å²) in [5.41, 5.74) is 5.15. The fourth-order valence-electron chi connectivity index (χ4n) is 4.96. The maximum Gasteiger partial charge on any atom is 0.233 e. The number of carbonyl (C=O) groups excluding carboxylic acids is 1. The maximum absolute atomic E-state index is 13.1. The average molecular weight is 467 g/mol. The van der Waals surface area contributed by atoms with Gasteiger partial charge in [0, 0.05) is 18.5 Å². The molecule has 6 heteroatoms. The minimum absolute atomic E-state index is 0.190. The van der Waals surface area contributed by atoms with Crippen LogP contribution in [0.3, 0.4) is 0 Å². The van der Waals surface area contributed by atoms with Crippen molar-refractivity contribution in [2.24, 2.45) is 5.92 Å². The Labute approximate surface area is 202 Å². The smallest absolute Gasteiger partial charge is 0.233 e. The van der Waals surface area contributed by atoms with Crippen LogP contribution in [-0.4, -0.2) is 44.0 Å². The first-order chi connectivity index (χ1) is 16.8. The van der Waals surface area contributed by atoms with Crippen molar-refractivity contribution in [3.05, 3.63) is 84.4 Å². The summed E-state index contributed by atoms with van der Waals surface area (Å²) in [7, 11) is 0. The fraction of sp³-hybridized carbons (Fsp3) is 0.250. The standard InChI is InChI=1S/C28H26N4OS/c33-26(31-16-14-21(15-17-31)18-20-8-2-1-3-9-20)19-34-28-30-23-11-5-4-10-22(23)27-29-24-12-6-7-13-25(24)32(27)28/h1-13,21H,14-19H2. The van der Waals surface area contributed by atoms with E-state index < -0.39 is 0 Å². The predicted molar refractivity (Wildman–Crippen MR) is 138 cm³/mol. The number of piperidine rings is 1. The fourth-order valence-corrected chi connectivity index (χ4v) is 5.87. The molecule has 34 heavy (non-hydrogen) atoms. The van der Waals surface area contributed by atoms with Crippen LogP contribution in [0.2, 0.25) is 0 Å². The predicted octanol–water partition coefficient (Wildman–Crippen LogP) is 5.61. The minimum Gasteiger partial charge on any atom is -0.342 e. The van der Waals surface area contributed by atoms with Gasteiger partial charge in [0.2, 0.25) is 5.91 Å². The Balaban J connectivity index is 1.19. The lowest BCUT2D eigenvalue weighted by atomic mass is 9.90. The summed E-state index contributed by atoms with van der Waals surface area (Å²) in [5.74, 6) is 1.23. The molecular weight excluding hydrogens is 440 g/mol. The van der Waals surface area contributed by atoms with Gasteiger partial charge >= 0.3 is 0 Å². The summed E-state index contributed by atoms with van der Waals surface area (Å²) >= 11 is 1.51. The first-order valence-corrected chi connectivity index (χ1v) is 12.9. The Morgan fingerprint density at radius 2 is 1.56 bits per heavy atom. The highest BCUT2D eigenvalue weighted by atomic mass is 32.2. The average Bonchev–Trinajstić information content (AvgIpc) is 3.28. The van der Waals surface area contributed by atoms with Gasteiger partial charge in [-0.15, -0.1) is 0 Å². The summed E-state index contributed by atoms with van der Waals surface area (Å²) in [6.07, 6.45) is 3.23. The molecule has 1 amide bonds. The van der Waals surface area contributed by atoms with E-state index in [2.05, 4.69) is 46.9 Å². The molecule has 5 aromatic rings. The van der Waals surface area contributed by atoms with Crippen molar-refractivity contribution in [2.75, 3.05) is 18.8 Å². The van der Waals surface area contributed by atoms with Gasteiger partial charge < -0.3 is 4.90 Å². The zero-order chi connectivity index (χ0) is 22.9. The number of nitrogens with zero attached hydrogens (tertiary/aromatic N) is 4. The highest BCUT2D eigenvalue weighted by molar-refractivity contribution is 7.99. The lowest BCUT2D eigenvalue weighted by Crippen LogP contribution is -2.39. The normalized spacial score (nSPS) is 14.9. The topological polar surface area (TPSA) is 50.5 Å². The number of carbonyl (C=O) groups is 1. The summed E-state index contributed by atoms with van der Waals surface area (Å²) < 4.78 is 2.10. The Hall–Kier alpha value is -3.38. The van der Waals surface area contributed by atoms with Gasteiger partial charge in [-0.25, -0.2) is 9.97 Å². The van der Waals surface area contributed by atoms with E-state index in [1.54, 1.807) is 0 Å². The zero-order valence-corrected chi connectivity index (χ0v) is 19.7. The summed E-state index contributed by atoms with van der Waals surface area (Å²) in [6.45, 7) is 1.68. The van der Waals surface area contributed by atoms with Crippen LogP contribution in [0.5, 0.6) is 0 Å². The van der Waals surface area contributed by atoms with Gasteiger partial charge in [-0.3, -0.25) is 9.20 Å². The van der Waals surface area contributed by atoms with Gasteiger partial charge in [-0.05, 0) is 55.0 Å². The lowest BCUT2D eigenvalue weighted by molar-refractivity contribution is -0.129. The van der Waals surface area contributed by atoms with Crippen molar-refractivity contribution in [1.82, 2.24) is 19.3 Å². The Kier molecular flexibility index (Phi) is 5.67. The molecule has 2 aromatic heterocycles. The third-order valence-corrected chi connectivity index (χ3v) is 7.70. The molecule has 170 valence electrons. The number of fused-ring (bicyclic) bond motifs is 5. The van der Waals surface area contributed by atoms with Crippen molar-refractivity contribution in [2.45, 2.75) is 24.4 Å². The minimum atomic E-state index is 0.190. The number of hydrogen-bond acceptors (Lipinski definition) is 4. The Bertz CT molecular complexity index is 1470. The second-order valence-electron chi connectivity index (χ2n) is 8.97. The molecule has 3 aromatic carbocycles. The first kappa shape index (κ1) is 21.2. The number of rotatable bonds is 5. The second-order valence-corrected chi connectivity index (χ2v) is 9.92. The third kappa shape index (κ3) is 4.03. The number of para-hydroxylation sites is 3. The molecule has 1 fully saturated rings. The summed E-state index contributed by atoms with van der Waals surface area (Å²) in [4.78, 5) is 24.9. The van der Waals surface area contributed by atoms with E-state index in [9.17, 15) is 4.79 Å². The van der Waals surface area contributed by atoms with E-state index >= 15 is 0 Å². The van der Waals surface area contributed by atoms with Crippen molar-refractivity contribution >= 4 is 45.3 Å². The van der Waals surface area contributed by atoms with Crippen LogP contribution in [0.25, 0.3) is 27.6 Å². The van der Waals surface area contributed by atoms with Gasteiger partial charge in [0.15, 0.2) is 5.16 Å². The molecule has 0 saturated carbocycles. The van der Waals surface area contributed by atoms with Gasteiger partial charge in [-0.2, -0.15) is 0 Å². The molecule has 3 heterocycles. The maximum atomic E-state index is 13.1. The highest BCUT2D eigenvalue weighted by Gasteiger charge is 2.24. The van der Waals surface area contributed by atoms with Crippen LogP contribution in [-0.2, 0) is 11.2 Å². The molecule has 6 rings (SSSR count). The molecule has 1 aliphatic heterocycles. The largest absolute Gasteiger partial charge is 0.342 e. The summed E-state index contributed by atoms with van der Waals surface area (Å²) in [5, 5.41) is 1.84. The first-order valence-electron chi connectivity index (χ1n) is 11.9. The van der Waals surface area contributed by atoms with Crippen molar-refractivity contribution in [3.8, 4) is 0 Å². The number of hydrogen-bond donors (Lipinski definition) is 0. The number of benzene rings is 3. The molecular formula is C28H26N4OS. The van der Waals surface area contributed by atoms with Crippen molar-refractivity contribution in [3.63, 3.8) is 0 Å². The van der Waals surface area contributed by atoms with E-state index in [0.717, 1.165) is 65.1 Å². The number of thioether (sulfide) groups is 1.